The van der Waals surface area contributed by atoms with E-state index < -0.39 is 53.1 Å². The molecule has 4 nitrogen and oxygen atoms in total. The number of amides is 1. The number of allylic oxidation sites excluding steroid dienone is 1. The van der Waals surface area contributed by atoms with Crippen molar-refractivity contribution in [1.29, 1.82) is 0 Å². The lowest BCUT2D eigenvalue weighted by Gasteiger charge is -2.30. The topological polar surface area (TPSA) is 49.8 Å². The Balaban J connectivity index is 1.72. The van der Waals surface area contributed by atoms with E-state index in [0.717, 1.165) is 23.6 Å². The third-order valence-corrected chi connectivity index (χ3v) is 7.66. The van der Waals surface area contributed by atoms with Crippen molar-refractivity contribution in [3.63, 3.8) is 0 Å². The molecule has 0 bridgehead atoms. The lowest BCUT2D eigenvalue weighted by Crippen LogP contribution is -2.35. The van der Waals surface area contributed by atoms with Crippen LogP contribution in [0.1, 0.15) is 86.8 Å². The zero-order chi connectivity index (χ0) is 29.7. The van der Waals surface area contributed by atoms with E-state index in [1.165, 1.54) is 11.8 Å². The molecule has 1 heterocycles. The number of carbonyl (C=O) groups excluding carboxylic acids is 1. The van der Waals surface area contributed by atoms with Crippen LogP contribution in [0.25, 0.3) is 5.57 Å². The molecule has 0 spiro atoms. The van der Waals surface area contributed by atoms with E-state index in [4.69, 9.17) is 4.74 Å². The van der Waals surface area contributed by atoms with Gasteiger partial charge in [-0.2, -0.15) is 26.3 Å². The highest BCUT2D eigenvalue weighted by Crippen LogP contribution is 2.44. The number of hydrogen-bond donors (Lipinski definition) is 1. The minimum atomic E-state index is -5.04. The molecule has 0 aromatic heterocycles. The second-order valence-corrected chi connectivity index (χ2v) is 11.0. The van der Waals surface area contributed by atoms with Crippen LogP contribution in [0.4, 0.5) is 35.5 Å². The summed E-state index contributed by atoms with van der Waals surface area (Å²) >= 11 is 0. The van der Waals surface area contributed by atoms with Crippen molar-refractivity contribution in [2.24, 2.45) is 5.92 Å². The first-order chi connectivity index (χ1) is 18.5. The van der Waals surface area contributed by atoms with Gasteiger partial charge < -0.3 is 9.84 Å². The zero-order valence-corrected chi connectivity index (χ0v) is 22.4. The molecular weight excluding hydrogens is 543 g/mol. The molecule has 0 saturated carbocycles. The van der Waals surface area contributed by atoms with Crippen LogP contribution in [-0.4, -0.2) is 28.7 Å². The first-order valence-electron chi connectivity index (χ1n) is 13.0. The molecular formula is C29H30F7NO3. The minimum absolute atomic E-state index is 0.00487. The molecule has 1 saturated heterocycles. The standard InChI is InChI=1S/C29H30F7NO3/c1-14(2)22-11-23(25(38)12-24(22)30)21-6-5-15(3)7-18(21)13-37-16(4)26(40-27(37)39)17-8-19(28(31,32)33)10-20(9-17)29(34,35)36/h8-12,14-16,26,38H,5-7,13H2,1-4H3/t15?,16-,26-/m0/s1. The molecule has 1 N–H and O–H groups in total. The molecule has 1 amide bonds. The Labute approximate surface area is 227 Å². The number of carbonyl (C=O) groups is 1. The van der Waals surface area contributed by atoms with Crippen molar-refractivity contribution >= 4 is 11.7 Å². The first kappa shape index (κ1) is 29.7. The van der Waals surface area contributed by atoms with E-state index in [-0.39, 0.29) is 30.2 Å². The van der Waals surface area contributed by atoms with Crippen LogP contribution < -0.4 is 0 Å². The van der Waals surface area contributed by atoms with E-state index in [1.807, 2.05) is 20.8 Å². The minimum Gasteiger partial charge on any atom is -0.507 e. The van der Waals surface area contributed by atoms with Gasteiger partial charge in [-0.1, -0.05) is 20.8 Å². The van der Waals surface area contributed by atoms with Crippen LogP contribution in [0.15, 0.2) is 35.9 Å². The fraction of sp³-hybridized carbons (Fsp3) is 0.483. The van der Waals surface area contributed by atoms with Crippen LogP contribution in [0.2, 0.25) is 0 Å². The number of phenolic OH excluding ortho intramolecular Hbond substituents is 1. The van der Waals surface area contributed by atoms with E-state index in [0.29, 0.717) is 36.1 Å². The molecule has 40 heavy (non-hydrogen) atoms. The summed E-state index contributed by atoms with van der Waals surface area (Å²) in [6, 6.07) is 2.94. The van der Waals surface area contributed by atoms with Crippen LogP contribution >= 0.6 is 0 Å². The highest BCUT2D eigenvalue weighted by molar-refractivity contribution is 5.77. The SMILES string of the molecule is CC1CCC(c2cc(C(C)C)c(F)cc2O)=C(CN2C(=O)O[C@H](c3cc(C(F)(F)F)cc(C(F)(F)F)c3)[C@@H]2C)C1. The van der Waals surface area contributed by atoms with Crippen LogP contribution in [-0.2, 0) is 17.1 Å². The molecule has 3 atom stereocenters. The number of ether oxygens (including phenoxy) is 1. The maximum Gasteiger partial charge on any atom is 0.416 e. The molecule has 1 aliphatic carbocycles. The number of halogens is 7. The summed E-state index contributed by atoms with van der Waals surface area (Å²) in [5.74, 6) is -0.730. The predicted octanol–water partition coefficient (Wildman–Crippen LogP) is 8.85. The van der Waals surface area contributed by atoms with Gasteiger partial charge in [-0.05, 0) is 84.6 Å². The smallest absolute Gasteiger partial charge is 0.416 e. The van der Waals surface area contributed by atoms with Crippen molar-refractivity contribution in [2.75, 3.05) is 6.54 Å². The normalized spacial score (nSPS) is 22.4. The highest BCUT2D eigenvalue weighted by atomic mass is 19.4. The van der Waals surface area contributed by atoms with Gasteiger partial charge in [0, 0.05) is 18.2 Å². The van der Waals surface area contributed by atoms with Crippen molar-refractivity contribution in [1.82, 2.24) is 4.90 Å². The summed E-state index contributed by atoms with van der Waals surface area (Å²) in [5, 5.41) is 10.6. The van der Waals surface area contributed by atoms with E-state index in [2.05, 4.69) is 0 Å². The average molecular weight is 574 g/mol. The van der Waals surface area contributed by atoms with Gasteiger partial charge >= 0.3 is 18.4 Å². The van der Waals surface area contributed by atoms with Gasteiger partial charge in [0.25, 0.3) is 0 Å². The lowest BCUT2D eigenvalue weighted by atomic mass is 9.80. The van der Waals surface area contributed by atoms with Gasteiger partial charge in [0.05, 0.1) is 17.2 Å². The number of aromatic hydroxyl groups is 1. The van der Waals surface area contributed by atoms with E-state index >= 15 is 0 Å². The summed E-state index contributed by atoms with van der Waals surface area (Å²) in [6.45, 7) is 7.14. The van der Waals surface area contributed by atoms with Crippen LogP contribution in [0.5, 0.6) is 5.75 Å². The van der Waals surface area contributed by atoms with Crippen LogP contribution in [0, 0.1) is 11.7 Å². The third kappa shape index (κ3) is 5.93. The number of nitrogens with zero attached hydrogens (tertiary/aromatic N) is 1. The summed E-state index contributed by atoms with van der Waals surface area (Å²) in [5.41, 5.74) is -1.03. The molecule has 2 aromatic carbocycles. The maximum atomic E-state index is 14.5. The number of phenols is 1. The number of rotatable bonds is 5. The Morgan fingerprint density at radius 3 is 2.15 bits per heavy atom. The van der Waals surface area contributed by atoms with Gasteiger partial charge in [0.1, 0.15) is 17.7 Å². The highest BCUT2D eigenvalue weighted by Gasteiger charge is 2.44. The number of benzene rings is 2. The Kier molecular flexibility index (Phi) is 7.90. The Hall–Kier alpha value is -3.24. The molecule has 4 rings (SSSR count). The van der Waals surface area contributed by atoms with Crippen molar-refractivity contribution in [3.05, 3.63) is 69.5 Å². The van der Waals surface area contributed by atoms with E-state index in [1.54, 1.807) is 6.07 Å². The zero-order valence-electron chi connectivity index (χ0n) is 22.4. The maximum absolute atomic E-state index is 14.5. The molecule has 2 aliphatic rings. The lowest BCUT2D eigenvalue weighted by molar-refractivity contribution is -0.143. The molecule has 1 aliphatic heterocycles. The fourth-order valence-electron chi connectivity index (χ4n) is 5.47. The molecule has 1 unspecified atom stereocenters. The molecule has 11 heteroatoms. The summed E-state index contributed by atoms with van der Waals surface area (Å²) in [4.78, 5) is 14.2. The van der Waals surface area contributed by atoms with Crippen LogP contribution in [0.3, 0.4) is 0 Å². The second-order valence-electron chi connectivity index (χ2n) is 11.0. The van der Waals surface area contributed by atoms with Gasteiger partial charge in [0.15, 0.2) is 0 Å². The Morgan fingerprint density at radius 1 is 1.00 bits per heavy atom. The molecule has 0 radical (unpaired) electrons. The third-order valence-electron chi connectivity index (χ3n) is 7.66. The molecule has 2 aromatic rings. The van der Waals surface area contributed by atoms with Gasteiger partial charge in [-0.15, -0.1) is 0 Å². The van der Waals surface area contributed by atoms with Gasteiger partial charge in [0.2, 0.25) is 0 Å². The number of alkyl halides is 6. The van der Waals surface area contributed by atoms with Crippen molar-refractivity contribution in [2.45, 2.75) is 77.4 Å². The summed E-state index contributed by atoms with van der Waals surface area (Å²) in [7, 11) is 0. The molecule has 218 valence electrons. The first-order valence-corrected chi connectivity index (χ1v) is 13.0. The molecule has 1 fully saturated rings. The number of cyclic esters (lactones) is 1. The van der Waals surface area contributed by atoms with E-state index in [9.17, 15) is 40.6 Å². The Morgan fingerprint density at radius 2 is 1.60 bits per heavy atom. The second kappa shape index (κ2) is 10.6. The van der Waals surface area contributed by atoms with Crippen molar-refractivity contribution < 1.29 is 45.4 Å². The monoisotopic (exact) mass is 573 g/mol. The van der Waals surface area contributed by atoms with Crippen molar-refractivity contribution in [3.8, 4) is 5.75 Å². The average Bonchev–Trinajstić information content (AvgIpc) is 3.11. The Bertz CT molecular complexity index is 1300. The summed E-state index contributed by atoms with van der Waals surface area (Å²) < 4.78 is 100. The number of hydrogen-bond acceptors (Lipinski definition) is 3. The van der Waals surface area contributed by atoms with Gasteiger partial charge in [-0.25, -0.2) is 9.18 Å². The summed E-state index contributed by atoms with van der Waals surface area (Å²) in [6.07, 6.45) is -10.5. The quantitative estimate of drug-likeness (QED) is 0.364. The van der Waals surface area contributed by atoms with Gasteiger partial charge in [-0.3, -0.25) is 4.90 Å². The largest absolute Gasteiger partial charge is 0.507 e. The fourth-order valence-corrected chi connectivity index (χ4v) is 5.47. The predicted molar refractivity (Wildman–Crippen MR) is 134 cm³/mol.